The molecule has 1 amide bonds. The molecule has 8 heteroatoms. The highest BCUT2D eigenvalue weighted by molar-refractivity contribution is 14.0. The number of nitrogens with zero attached hydrogens (tertiary/aromatic N) is 2. The number of carbonyl (C=O) groups is 1. The second-order valence-corrected chi connectivity index (χ2v) is 8.06. The fraction of sp³-hybridized carbons (Fsp3) is 0.667. The molecule has 0 bridgehead atoms. The standard InChI is InChI=1S/C24H41N5O2.HI/c1-5-11-26-23(30)21-10-8-9-19(16-21)17-27-24(25-4)28-18-22(20(6-2)7-3)29-12-14-31-15-13-29;/h8-10,16,20,22H,5-7,11-15,17-18H2,1-4H3,(H,26,30)(H2,25,27,28);1H. The molecule has 1 aliphatic heterocycles. The van der Waals surface area contributed by atoms with Gasteiger partial charge in [-0.05, 0) is 30.0 Å². The van der Waals surface area contributed by atoms with Crippen molar-refractivity contribution in [3.05, 3.63) is 35.4 Å². The molecule has 1 unspecified atom stereocenters. The molecule has 1 fully saturated rings. The Bertz CT molecular complexity index is 691. The fourth-order valence-electron chi connectivity index (χ4n) is 4.11. The summed E-state index contributed by atoms with van der Waals surface area (Å²) in [5.74, 6) is 1.40. The summed E-state index contributed by atoms with van der Waals surface area (Å²) >= 11 is 0. The van der Waals surface area contributed by atoms with Crippen molar-refractivity contribution in [2.45, 2.75) is 52.6 Å². The minimum absolute atomic E-state index is 0. The van der Waals surface area contributed by atoms with Crippen LogP contribution >= 0.6 is 24.0 Å². The van der Waals surface area contributed by atoms with Crippen LogP contribution in [0.3, 0.4) is 0 Å². The Labute approximate surface area is 211 Å². The zero-order valence-corrected chi connectivity index (χ0v) is 22.5. The van der Waals surface area contributed by atoms with Crippen molar-refractivity contribution in [2.75, 3.05) is 46.4 Å². The van der Waals surface area contributed by atoms with Crippen LogP contribution < -0.4 is 16.0 Å². The van der Waals surface area contributed by atoms with Gasteiger partial charge in [-0.15, -0.1) is 24.0 Å². The first-order valence-electron chi connectivity index (χ1n) is 11.8. The third kappa shape index (κ3) is 9.23. The lowest BCUT2D eigenvalue weighted by Gasteiger charge is -2.39. The monoisotopic (exact) mass is 559 g/mol. The lowest BCUT2D eigenvalue weighted by molar-refractivity contribution is 0.00272. The SMILES string of the molecule is CCCNC(=O)c1cccc(CNC(=NC)NCC(C(CC)CC)N2CCOCC2)c1.I. The molecular weight excluding hydrogens is 517 g/mol. The van der Waals surface area contributed by atoms with Crippen LogP contribution in [0.15, 0.2) is 29.3 Å². The highest BCUT2D eigenvalue weighted by atomic mass is 127. The highest BCUT2D eigenvalue weighted by Gasteiger charge is 2.27. The van der Waals surface area contributed by atoms with Gasteiger partial charge in [-0.3, -0.25) is 14.7 Å². The van der Waals surface area contributed by atoms with Gasteiger partial charge in [0.1, 0.15) is 0 Å². The van der Waals surface area contributed by atoms with E-state index in [1.807, 2.05) is 31.2 Å². The van der Waals surface area contributed by atoms with E-state index in [2.05, 4.69) is 39.7 Å². The van der Waals surface area contributed by atoms with Gasteiger partial charge in [-0.1, -0.05) is 45.7 Å². The van der Waals surface area contributed by atoms with E-state index in [-0.39, 0.29) is 29.9 Å². The summed E-state index contributed by atoms with van der Waals surface area (Å²) < 4.78 is 5.55. The van der Waals surface area contributed by atoms with Crippen molar-refractivity contribution in [1.82, 2.24) is 20.9 Å². The number of guanidine groups is 1. The van der Waals surface area contributed by atoms with E-state index in [0.29, 0.717) is 30.6 Å². The molecule has 1 aliphatic rings. The van der Waals surface area contributed by atoms with Crippen molar-refractivity contribution in [3.8, 4) is 0 Å². The molecule has 2 rings (SSSR count). The molecule has 0 aromatic heterocycles. The average Bonchev–Trinajstić information content (AvgIpc) is 2.82. The third-order valence-corrected chi connectivity index (χ3v) is 5.99. The Balaban J connectivity index is 0.00000512. The summed E-state index contributed by atoms with van der Waals surface area (Å²) in [7, 11) is 1.80. The summed E-state index contributed by atoms with van der Waals surface area (Å²) in [6, 6.07) is 8.20. The van der Waals surface area contributed by atoms with E-state index in [0.717, 1.165) is 50.8 Å². The normalized spacial score (nSPS) is 15.7. The molecule has 0 radical (unpaired) electrons. The Hall–Kier alpha value is -1.39. The van der Waals surface area contributed by atoms with Crippen molar-refractivity contribution in [1.29, 1.82) is 0 Å². The number of benzene rings is 1. The van der Waals surface area contributed by atoms with Crippen LogP contribution in [0.4, 0.5) is 0 Å². The largest absolute Gasteiger partial charge is 0.379 e. The molecule has 182 valence electrons. The smallest absolute Gasteiger partial charge is 0.251 e. The predicted molar refractivity (Wildman–Crippen MR) is 143 cm³/mol. The number of hydrogen-bond donors (Lipinski definition) is 3. The number of hydrogen-bond acceptors (Lipinski definition) is 4. The van der Waals surface area contributed by atoms with Crippen molar-refractivity contribution in [3.63, 3.8) is 0 Å². The van der Waals surface area contributed by atoms with Crippen LogP contribution in [0.25, 0.3) is 0 Å². The molecular formula is C24H42IN5O2. The summed E-state index contributed by atoms with van der Waals surface area (Å²) in [6.07, 6.45) is 3.26. The maximum atomic E-state index is 12.2. The Morgan fingerprint density at radius 2 is 1.84 bits per heavy atom. The van der Waals surface area contributed by atoms with Gasteiger partial charge in [0.05, 0.1) is 13.2 Å². The molecule has 1 aromatic carbocycles. The van der Waals surface area contributed by atoms with Gasteiger partial charge < -0.3 is 20.7 Å². The Morgan fingerprint density at radius 1 is 1.12 bits per heavy atom. The van der Waals surface area contributed by atoms with Crippen LogP contribution in [0.5, 0.6) is 0 Å². The second kappa shape index (κ2) is 16.3. The molecule has 0 saturated carbocycles. The van der Waals surface area contributed by atoms with Crippen LogP contribution in [0, 0.1) is 5.92 Å². The van der Waals surface area contributed by atoms with Crippen molar-refractivity contribution < 1.29 is 9.53 Å². The first-order valence-corrected chi connectivity index (χ1v) is 11.8. The maximum Gasteiger partial charge on any atom is 0.251 e. The first kappa shape index (κ1) is 28.6. The lowest BCUT2D eigenvalue weighted by Crippen LogP contribution is -2.53. The molecule has 1 saturated heterocycles. The second-order valence-electron chi connectivity index (χ2n) is 8.06. The number of aliphatic imine (C=N–C) groups is 1. The molecule has 0 aliphatic carbocycles. The van der Waals surface area contributed by atoms with Crippen LogP contribution in [-0.2, 0) is 11.3 Å². The van der Waals surface area contributed by atoms with E-state index in [1.165, 1.54) is 12.8 Å². The average molecular weight is 560 g/mol. The quantitative estimate of drug-likeness (QED) is 0.221. The molecule has 3 N–H and O–H groups in total. The van der Waals surface area contributed by atoms with Gasteiger partial charge in [-0.25, -0.2) is 0 Å². The number of amides is 1. The first-order chi connectivity index (χ1) is 15.1. The Morgan fingerprint density at radius 3 is 2.47 bits per heavy atom. The van der Waals surface area contributed by atoms with Gasteiger partial charge >= 0.3 is 0 Å². The number of carbonyl (C=O) groups excluding carboxylic acids is 1. The molecule has 32 heavy (non-hydrogen) atoms. The minimum Gasteiger partial charge on any atom is -0.379 e. The van der Waals surface area contributed by atoms with Crippen LogP contribution in [-0.4, -0.2) is 69.2 Å². The highest BCUT2D eigenvalue weighted by Crippen LogP contribution is 2.19. The van der Waals surface area contributed by atoms with E-state index >= 15 is 0 Å². The Kier molecular flexibility index (Phi) is 14.6. The van der Waals surface area contributed by atoms with Crippen LogP contribution in [0.1, 0.15) is 56.0 Å². The van der Waals surface area contributed by atoms with Gasteiger partial charge in [0, 0.05) is 51.4 Å². The zero-order chi connectivity index (χ0) is 22.5. The molecule has 7 nitrogen and oxygen atoms in total. The number of ether oxygens (including phenoxy) is 1. The fourth-order valence-corrected chi connectivity index (χ4v) is 4.11. The molecule has 1 aromatic rings. The number of rotatable bonds is 11. The van der Waals surface area contributed by atoms with E-state index in [4.69, 9.17) is 4.74 Å². The van der Waals surface area contributed by atoms with Crippen molar-refractivity contribution >= 4 is 35.8 Å². The summed E-state index contributed by atoms with van der Waals surface area (Å²) in [5.41, 5.74) is 1.74. The maximum absolute atomic E-state index is 12.2. The number of morpholine rings is 1. The topological polar surface area (TPSA) is 78.0 Å². The summed E-state index contributed by atoms with van der Waals surface area (Å²) in [6.45, 7) is 12.4. The molecule has 1 heterocycles. The van der Waals surface area contributed by atoms with Gasteiger partial charge in [0.15, 0.2) is 5.96 Å². The number of nitrogens with one attached hydrogen (secondary N) is 3. The number of halogens is 1. The van der Waals surface area contributed by atoms with Gasteiger partial charge in [0.2, 0.25) is 0 Å². The van der Waals surface area contributed by atoms with E-state index < -0.39 is 0 Å². The minimum atomic E-state index is -0.0234. The van der Waals surface area contributed by atoms with Crippen LogP contribution in [0.2, 0.25) is 0 Å². The van der Waals surface area contributed by atoms with Gasteiger partial charge in [-0.2, -0.15) is 0 Å². The molecule has 0 spiro atoms. The summed E-state index contributed by atoms with van der Waals surface area (Å²) in [5, 5.41) is 9.85. The lowest BCUT2D eigenvalue weighted by atomic mass is 9.92. The van der Waals surface area contributed by atoms with E-state index in [9.17, 15) is 4.79 Å². The summed E-state index contributed by atoms with van der Waals surface area (Å²) in [4.78, 5) is 19.2. The van der Waals surface area contributed by atoms with Gasteiger partial charge in [0.25, 0.3) is 5.91 Å². The van der Waals surface area contributed by atoms with E-state index in [1.54, 1.807) is 7.05 Å². The zero-order valence-electron chi connectivity index (χ0n) is 20.2. The van der Waals surface area contributed by atoms with Crippen molar-refractivity contribution in [2.24, 2.45) is 10.9 Å². The third-order valence-electron chi connectivity index (χ3n) is 5.99. The predicted octanol–water partition coefficient (Wildman–Crippen LogP) is 3.25. The molecule has 1 atom stereocenters.